The maximum absolute atomic E-state index is 5.83. The predicted molar refractivity (Wildman–Crippen MR) is 74.9 cm³/mol. The van der Waals surface area contributed by atoms with Crippen LogP contribution >= 0.6 is 0 Å². The molecule has 0 aliphatic rings. The zero-order chi connectivity index (χ0) is 13.1. The van der Waals surface area contributed by atoms with Crippen molar-refractivity contribution in [3.63, 3.8) is 0 Å². The molecule has 4 heteroatoms. The summed E-state index contributed by atoms with van der Waals surface area (Å²) in [6, 6.07) is 10.4. The molecule has 0 saturated carbocycles. The van der Waals surface area contributed by atoms with Gasteiger partial charge in [0.1, 0.15) is 17.2 Å². The van der Waals surface area contributed by atoms with E-state index in [-0.39, 0.29) is 6.04 Å². The largest absolute Gasteiger partial charge is 0.459 e. The van der Waals surface area contributed by atoms with E-state index in [4.69, 9.17) is 4.42 Å². The fraction of sp³-hybridized carbons (Fsp3) is 0.267. The van der Waals surface area contributed by atoms with Crippen LogP contribution in [0.1, 0.15) is 24.6 Å². The molecule has 2 N–H and O–H groups in total. The number of furan rings is 1. The van der Waals surface area contributed by atoms with Crippen LogP contribution in [0.2, 0.25) is 0 Å². The molecule has 2 aromatic heterocycles. The number of aromatic nitrogens is 2. The van der Waals surface area contributed by atoms with E-state index in [1.54, 1.807) is 6.20 Å². The van der Waals surface area contributed by atoms with Gasteiger partial charge in [-0.2, -0.15) is 0 Å². The zero-order valence-electron chi connectivity index (χ0n) is 10.9. The van der Waals surface area contributed by atoms with Crippen molar-refractivity contribution in [2.45, 2.75) is 19.4 Å². The second-order valence-electron chi connectivity index (χ2n) is 4.65. The molecule has 3 rings (SSSR count). The van der Waals surface area contributed by atoms with Gasteiger partial charge in [0.15, 0.2) is 0 Å². The maximum Gasteiger partial charge on any atom is 0.134 e. The normalized spacial score (nSPS) is 12.9. The zero-order valence-corrected chi connectivity index (χ0v) is 10.9. The second-order valence-corrected chi connectivity index (χ2v) is 4.65. The van der Waals surface area contributed by atoms with Gasteiger partial charge in [0.25, 0.3) is 0 Å². The first kappa shape index (κ1) is 12.0. The van der Waals surface area contributed by atoms with Crippen LogP contribution in [-0.2, 0) is 6.42 Å². The smallest absolute Gasteiger partial charge is 0.134 e. The highest BCUT2D eigenvalue weighted by atomic mass is 16.3. The molecule has 1 unspecified atom stereocenters. The highest BCUT2D eigenvalue weighted by molar-refractivity contribution is 5.77. The highest BCUT2D eigenvalue weighted by Crippen LogP contribution is 2.23. The van der Waals surface area contributed by atoms with Gasteiger partial charge in [-0.3, -0.25) is 0 Å². The molecular formula is C15H17N3O. The van der Waals surface area contributed by atoms with Crippen molar-refractivity contribution in [1.82, 2.24) is 15.3 Å². The minimum atomic E-state index is 0.197. The van der Waals surface area contributed by atoms with Crippen molar-refractivity contribution in [1.29, 1.82) is 0 Å². The number of hydrogen-bond donors (Lipinski definition) is 2. The van der Waals surface area contributed by atoms with Crippen LogP contribution in [0, 0.1) is 0 Å². The molecule has 19 heavy (non-hydrogen) atoms. The van der Waals surface area contributed by atoms with E-state index in [0.29, 0.717) is 0 Å². The molecule has 0 amide bonds. The summed E-state index contributed by atoms with van der Waals surface area (Å²) in [6.45, 7) is 2.98. The van der Waals surface area contributed by atoms with Crippen LogP contribution in [0.5, 0.6) is 0 Å². The van der Waals surface area contributed by atoms with Crippen LogP contribution in [0.3, 0.4) is 0 Å². The van der Waals surface area contributed by atoms with E-state index in [0.717, 1.165) is 35.5 Å². The molecule has 1 aromatic carbocycles. The molecule has 0 fully saturated rings. The average Bonchev–Trinajstić information content (AvgIpc) is 3.07. The van der Waals surface area contributed by atoms with Crippen molar-refractivity contribution < 1.29 is 4.42 Å². The quantitative estimate of drug-likeness (QED) is 0.736. The number of rotatable bonds is 5. The number of nitrogens with zero attached hydrogens (tertiary/aromatic N) is 1. The van der Waals surface area contributed by atoms with Gasteiger partial charge in [-0.25, -0.2) is 4.98 Å². The van der Waals surface area contributed by atoms with E-state index in [2.05, 4.69) is 34.3 Å². The number of H-pyrrole nitrogens is 1. The van der Waals surface area contributed by atoms with Gasteiger partial charge in [-0.1, -0.05) is 18.2 Å². The van der Waals surface area contributed by atoms with E-state index in [1.807, 2.05) is 24.4 Å². The van der Waals surface area contributed by atoms with Crippen molar-refractivity contribution in [2.24, 2.45) is 0 Å². The Morgan fingerprint density at radius 3 is 3.05 bits per heavy atom. The number of hydrogen-bond acceptors (Lipinski definition) is 3. The molecule has 0 aliphatic carbocycles. The Bertz CT molecular complexity index is 609. The number of para-hydroxylation sites is 1. The maximum atomic E-state index is 5.83. The fourth-order valence-corrected chi connectivity index (χ4v) is 2.16. The first-order valence-electron chi connectivity index (χ1n) is 6.53. The lowest BCUT2D eigenvalue weighted by molar-refractivity contribution is 0.452. The summed E-state index contributed by atoms with van der Waals surface area (Å²) in [5, 5.41) is 4.59. The van der Waals surface area contributed by atoms with Gasteiger partial charge in [0.05, 0.1) is 6.04 Å². The van der Waals surface area contributed by atoms with Gasteiger partial charge in [0.2, 0.25) is 0 Å². The predicted octanol–water partition coefficient (Wildman–Crippen LogP) is 3.05. The highest BCUT2D eigenvalue weighted by Gasteiger charge is 2.10. The molecule has 0 bridgehead atoms. The van der Waals surface area contributed by atoms with Crippen LogP contribution in [0.25, 0.3) is 11.0 Å². The molecule has 3 aromatic rings. The monoisotopic (exact) mass is 255 g/mol. The lowest BCUT2D eigenvalue weighted by Gasteiger charge is -2.10. The Hall–Kier alpha value is -2.07. The Morgan fingerprint density at radius 1 is 1.37 bits per heavy atom. The van der Waals surface area contributed by atoms with Crippen LogP contribution < -0.4 is 5.32 Å². The topological polar surface area (TPSA) is 53.9 Å². The number of aromatic amines is 1. The molecule has 2 heterocycles. The lowest BCUT2D eigenvalue weighted by atomic mass is 10.2. The summed E-state index contributed by atoms with van der Waals surface area (Å²) in [5.41, 5.74) is 0.942. The molecule has 0 spiro atoms. The molecule has 0 aliphatic heterocycles. The molecule has 0 saturated heterocycles. The van der Waals surface area contributed by atoms with Crippen LogP contribution in [0.4, 0.5) is 0 Å². The van der Waals surface area contributed by atoms with Crippen molar-refractivity contribution in [2.75, 3.05) is 6.54 Å². The third-order valence-electron chi connectivity index (χ3n) is 3.24. The Balaban J connectivity index is 1.61. The van der Waals surface area contributed by atoms with Crippen molar-refractivity contribution in [3.8, 4) is 0 Å². The van der Waals surface area contributed by atoms with Gasteiger partial charge in [-0.05, 0) is 19.1 Å². The first-order chi connectivity index (χ1) is 9.33. The third kappa shape index (κ3) is 2.69. The first-order valence-corrected chi connectivity index (χ1v) is 6.53. The minimum absolute atomic E-state index is 0.197. The SMILES string of the molecule is CC(NCCc1ncc[nH]1)c1cc2ccccc2o1. The summed E-state index contributed by atoms with van der Waals surface area (Å²) < 4.78 is 5.83. The molecule has 98 valence electrons. The molecule has 1 atom stereocenters. The van der Waals surface area contributed by atoms with Gasteiger partial charge >= 0.3 is 0 Å². The van der Waals surface area contributed by atoms with E-state index < -0.39 is 0 Å². The molecule has 0 radical (unpaired) electrons. The number of fused-ring (bicyclic) bond motifs is 1. The minimum Gasteiger partial charge on any atom is -0.459 e. The number of imidazole rings is 1. The van der Waals surface area contributed by atoms with E-state index in [9.17, 15) is 0 Å². The van der Waals surface area contributed by atoms with Gasteiger partial charge in [0, 0.05) is 30.7 Å². The summed E-state index contributed by atoms with van der Waals surface area (Å²) in [6.07, 6.45) is 4.51. The Morgan fingerprint density at radius 2 is 2.26 bits per heavy atom. The van der Waals surface area contributed by atoms with E-state index >= 15 is 0 Å². The average molecular weight is 255 g/mol. The van der Waals surface area contributed by atoms with Crippen molar-refractivity contribution >= 4 is 11.0 Å². The van der Waals surface area contributed by atoms with E-state index in [1.165, 1.54) is 0 Å². The van der Waals surface area contributed by atoms with Crippen LogP contribution in [0.15, 0.2) is 47.1 Å². The summed E-state index contributed by atoms with van der Waals surface area (Å²) in [7, 11) is 0. The Labute approximate surface area is 111 Å². The van der Waals surface area contributed by atoms with Gasteiger partial charge < -0.3 is 14.7 Å². The van der Waals surface area contributed by atoms with Crippen molar-refractivity contribution in [3.05, 3.63) is 54.3 Å². The molecule has 4 nitrogen and oxygen atoms in total. The summed E-state index contributed by atoms with van der Waals surface area (Å²) >= 11 is 0. The van der Waals surface area contributed by atoms with Gasteiger partial charge in [-0.15, -0.1) is 0 Å². The Kier molecular flexibility index (Phi) is 3.33. The van der Waals surface area contributed by atoms with Crippen LogP contribution in [-0.4, -0.2) is 16.5 Å². The third-order valence-corrected chi connectivity index (χ3v) is 3.24. The number of benzene rings is 1. The standard InChI is InChI=1S/C15H17N3O/c1-11(16-7-6-15-17-8-9-18-15)14-10-12-4-2-3-5-13(12)19-14/h2-5,8-11,16H,6-7H2,1H3,(H,17,18). The number of nitrogens with one attached hydrogen (secondary N) is 2. The summed E-state index contributed by atoms with van der Waals surface area (Å²) in [4.78, 5) is 7.30. The lowest BCUT2D eigenvalue weighted by Crippen LogP contribution is -2.21. The second kappa shape index (κ2) is 5.28. The fourth-order valence-electron chi connectivity index (χ4n) is 2.16. The molecular weight excluding hydrogens is 238 g/mol. The summed E-state index contributed by atoms with van der Waals surface area (Å²) in [5.74, 6) is 1.98.